The lowest BCUT2D eigenvalue weighted by Gasteiger charge is -2.26. The van der Waals surface area contributed by atoms with Crippen molar-refractivity contribution in [3.63, 3.8) is 0 Å². The van der Waals surface area contributed by atoms with Gasteiger partial charge >= 0.3 is 5.97 Å². The van der Waals surface area contributed by atoms with Gasteiger partial charge in [-0.1, -0.05) is 33.1 Å². The van der Waals surface area contributed by atoms with Gasteiger partial charge < -0.3 is 15.4 Å². The smallest absolute Gasteiger partial charge is 0.328 e. The van der Waals surface area contributed by atoms with E-state index in [1.807, 2.05) is 0 Å². The average Bonchev–Trinajstić information content (AvgIpc) is 2.37. The molecule has 0 spiro atoms. The first-order valence-electron chi connectivity index (χ1n) is 7.17. The molecular weight excluding hydrogens is 260 g/mol. The maximum absolute atomic E-state index is 11.7. The fourth-order valence-electron chi connectivity index (χ4n) is 2.46. The SMILES string of the molecule is COC(=O)C(CC(C)C)NC(=S)NC1CCCCC1. The van der Waals surface area contributed by atoms with Crippen LogP contribution in [-0.2, 0) is 9.53 Å². The number of nitrogens with one attached hydrogen (secondary N) is 2. The molecule has 1 rings (SSSR count). The van der Waals surface area contributed by atoms with E-state index in [4.69, 9.17) is 17.0 Å². The predicted molar refractivity (Wildman–Crippen MR) is 81.0 cm³/mol. The van der Waals surface area contributed by atoms with E-state index in [1.54, 1.807) is 0 Å². The maximum Gasteiger partial charge on any atom is 0.328 e. The van der Waals surface area contributed by atoms with Crippen molar-refractivity contribution < 1.29 is 9.53 Å². The lowest BCUT2D eigenvalue weighted by molar-refractivity contribution is -0.143. The Morgan fingerprint density at radius 3 is 2.47 bits per heavy atom. The molecule has 0 heterocycles. The summed E-state index contributed by atoms with van der Waals surface area (Å²) >= 11 is 5.30. The molecule has 1 fully saturated rings. The zero-order valence-corrected chi connectivity index (χ0v) is 13.0. The molecule has 110 valence electrons. The summed E-state index contributed by atoms with van der Waals surface area (Å²) < 4.78 is 4.82. The molecule has 0 bridgehead atoms. The third-order valence-corrected chi connectivity index (χ3v) is 3.67. The van der Waals surface area contributed by atoms with Gasteiger partial charge in [0.15, 0.2) is 5.11 Å². The van der Waals surface area contributed by atoms with Crippen LogP contribution in [0.4, 0.5) is 0 Å². The van der Waals surface area contributed by atoms with Gasteiger partial charge in [0.05, 0.1) is 7.11 Å². The molecule has 5 heteroatoms. The van der Waals surface area contributed by atoms with E-state index in [0.717, 1.165) is 19.3 Å². The largest absolute Gasteiger partial charge is 0.467 e. The summed E-state index contributed by atoms with van der Waals surface area (Å²) in [4.78, 5) is 11.7. The minimum absolute atomic E-state index is 0.249. The number of rotatable bonds is 5. The molecule has 19 heavy (non-hydrogen) atoms. The molecule has 1 aliphatic rings. The molecule has 0 aromatic carbocycles. The molecule has 1 unspecified atom stereocenters. The number of hydrogen-bond donors (Lipinski definition) is 2. The second-order valence-corrected chi connectivity index (χ2v) is 6.07. The highest BCUT2D eigenvalue weighted by atomic mass is 32.1. The highest BCUT2D eigenvalue weighted by Crippen LogP contribution is 2.17. The van der Waals surface area contributed by atoms with Gasteiger partial charge in [-0.3, -0.25) is 0 Å². The van der Waals surface area contributed by atoms with Gasteiger partial charge in [-0.2, -0.15) is 0 Å². The molecule has 0 radical (unpaired) electrons. The summed E-state index contributed by atoms with van der Waals surface area (Å²) in [6.45, 7) is 4.16. The summed E-state index contributed by atoms with van der Waals surface area (Å²) in [5.74, 6) is 0.163. The van der Waals surface area contributed by atoms with Crippen molar-refractivity contribution in [2.75, 3.05) is 7.11 Å². The van der Waals surface area contributed by atoms with Gasteiger partial charge in [-0.15, -0.1) is 0 Å². The molecule has 1 atom stereocenters. The second-order valence-electron chi connectivity index (χ2n) is 5.66. The van der Waals surface area contributed by atoms with Crippen molar-refractivity contribution in [2.24, 2.45) is 5.92 Å². The van der Waals surface area contributed by atoms with Crippen molar-refractivity contribution in [1.82, 2.24) is 10.6 Å². The van der Waals surface area contributed by atoms with Crippen LogP contribution in [0.15, 0.2) is 0 Å². The highest BCUT2D eigenvalue weighted by molar-refractivity contribution is 7.80. The first-order valence-corrected chi connectivity index (χ1v) is 7.58. The molecule has 0 aromatic rings. The van der Waals surface area contributed by atoms with E-state index in [2.05, 4.69) is 24.5 Å². The van der Waals surface area contributed by atoms with E-state index in [9.17, 15) is 4.79 Å². The van der Waals surface area contributed by atoms with Crippen LogP contribution in [0.25, 0.3) is 0 Å². The summed E-state index contributed by atoms with van der Waals surface area (Å²) in [5.41, 5.74) is 0. The van der Waals surface area contributed by atoms with Gasteiger partial charge in [0.25, 0.3) is 0 Å². The normalized spacial score (nSPS) is 17.9. The van der Waals surface area contributed by atoms with E-state index in [-0.39, 0.29) is 12.0 Å². The van der Waals surface area contributed by atoms with E-state index >= 15 is 0 Å². The molecule has 1 saturated carbocycles. The molecule has 4 nitrogen and oxygen atoms in total. The Hall–Kier alpha value is -0.840. The van der Waals surface area contributed by atoms with E-state index in [1.165, 1.54) is 26.4 Å². The van der Waals surface area contributed by atoms with Gasteiger partial charge in [0, 0.05) is 6.04 Å². The van der Waals surface area contributed by atoms with Crippen LogP contribution < -0.4 is 10.6 Å². The van der Waals surface area contributed by atoms with Crippen molar-refractivity contribution in [3.8, 4) is 0 Å². The van der Waals surface area contributed by atoms with Crippen molar-refractivity contribution in [2.45, 2.75) is 64.5 Å². The first kappa shape index (κ1) is 16.2. The van der Waals surface area contributed by atoms with Crippen LogP contribution in [0.2, 0.25) is 0 Å². The lowest BCUT2D eigenvalue weighted by Crippen LogP contribution is -2.49. The van der Waals surface area contributed by atoms with Crippen LogP contribution in [0.1, 0.15) is 52.4 Å². The van der Waals surface area contributed by atoms with Crippen LogP contribution in [0.5, 0.6) is 0 Å². The number of thiocarbonyl (C=S) groups is 1. The Balaban J connectivity index is 2.43. The summed E-state index contributed by atoms with van der Waals surface area (Å²) in [5, 5.41) is 6.98. The Kier molecular flexibility index (Phi) is 7.13. The lowest BCUT2D eigenvalue weighted by atomic mass is 9.96. The standard InChI is InChI=1S/C14H26N2O2S/c1-10(2)9-12(13(17)18-3)16-14(19)15-11-7-5-4-6-8-11/h10-12H,4-9H2,1-3H3,(H2,15,16,19). The van der Waals surface area contributed by atoms with Crippen LogP contribution in [-0.4, -0.2) is 30.3 Å². The quantitative estimate of drug-likeness (QED) is 0.600. The van der Waals surface area contributed by atoms with Gasteiger partial charge in [-0.25, -0.2) is 4.79 Å². The third-order valence-electron chi connectivity index (χ3n) is 3.44. The molecule has 1 aliphatic carbocycles. The highest BCUT2D eigenvalue weighted by Gasteiger charge is 2.22. The van der Waals surface area contributed by atoms with Gasteiger partial charge in [0.2, 0.25) is 0 Å². The first-order chi connectivity index (χ1) is 9.02. The fraction of sp³-hybridized carbons (Fsp3) is 0.857. The minimum Gasteiger partial charge on any atom is -0.467 e. The van der Waals surface area contributed by atoms with Crippen LogP contribution in [0.3, 0.4) is 0 Å². The molecule has 2 N–H and O–H groups in total. The topological polar surface area (TPSA) is 50.4 Å². The molecule has 0 aliphatic heterocycles. The van der Waals surface area contributed by atoms with E-state index in [0.29, 0.717) is 17.1 Å². The fourth-order valence-corrected chi connectivity index (χ4v) is 2.77. The van der Waals surface area contributed by atoms with E-state index < -0.39 is 0 Å². The maximum atomic E-state index is 11.7. The number of carbonyl (C=O) groups is 1. The Labute approximate surface area is 121 Å². The number of carbonyl (C=O) groups excluding carboxylic acids is 1. The van der Waals surface area contributed by atoms with Crippen LogP contribution >= 0.6 is 12.2 Å². The van der Waals surface area contributed by atoms with Crippen LogP contribution in [0, 0.1) is 5.92 Å². The zero-order chi connectivity index (χ0) is 14.3. The second kappa shape index (κ2) is 8.35. The Morgan fingerprint density at radius 1 is 1.32 bits per heavy atom. The van der Waals surface area contributed by atoms with Crippen molar-refractivity contribution in [3.05, 3.63) is 0 Å². The number of ether oxygens (including phenoxy) is 1. The number of methoxy groups -OCH3 is 1. The Bertz CT molecular complexity index is 302. The molecule has 0 aromatic heterocycles. The summed E-state index contributed by atoms with van der Waals surface area (Å²) in [6.07, 6.45) is 6.87. The summed E-state index contributed by atoms with van der Waals surface area (Å²) in [7, 11) is 1.41. The van der Waals surface area contributed by atoms with Gasteiger partial charge in [-0.05, 0) is 37.4 Å². The Morgan fingerprint density at radius 2 is 1.95 bits per heavy atom. The monoisotopic (exact) mass is 286 g/mol. The number of hydrogen-bond acceptors (Lipinski definition) is 3. The molecule has 0 amide bonds. The van der Waals surface area contributed by atoms with Crippen molar-refractivity contribution in [1.29, 1.82) is 0 Å². The minimum atomic E-state index is -0.353. The third kappa shape index (κ3) is 6.23. The summed E-state index contributed by atoms with van der Waals surface area (Å²) in [6, 6.07) is 0.0969. The number of esters is 1. The molecular formula is C14H26N2O2S. The zero-order valence-electron chi connectivity index (χ0n) is 12.2. The average molecular weight is 286 g/mol. The van der Waals surface area contributed by atoms with Gasteiger partial charge in [0.1, 0.15) is 6.04 Å². The molecule has 0 saturated heterocycles. The van der Waals surface area contributed by atoms with Crippen molar-refractivity contribution >= 4 is 23.3 Å². The predicted octanol–water partition coefficient (Wildman–Crippen LogP) is 2.37.